The zero-order valence-corrected chi connectivity index (χ0v) is 19.9. The van der Waals surface area contributed by atoms with Crippen LogP contribution in [0.2, 0.25) is 0 Å². The normalized spacial score (nSPS) is 17.6. The van der Waals surface area contributed by atoms with Gasteiger partial charge >= 0.3 is 0 Å². The van der Waals surface area contributed by atoms with Crippen LogP contribution in [-0.4, -0.2) is 12.6 Å². The molecule has 1 nitrogen and oxygen atoms in total. The lowest BCUT2D eigenvalue weighted by atomic mass is 9.83. The van der Waals surface area contributed by atoms with E-state index in [0.717, 1.165) is 38.3 Å². The third kappa shape index (κ3) is 5.90. The van der Waals surface area contributed by atoms with Gasteiger partial charge < -0.3 is 5.32 Å². The largest absolute Gasteiger partial charge is 0.314 e. The first kappa shape index (κ1) is 22.8. The molecule has 1 N–H and O–H groups in total. The Morgan fingerprint density at radius 3 is 2.34 bits per heavy atom. The van der Waals surface area contributed by atoms with Gasteiger partial charge in [-0.2, -0.15) is 0 Å². The maximum Gasteiger partial charge on any atom is 0.00682 e. The van der Waals surface area contributed by atoms with Gasteiger partial charge in [-0.25, -0.2) is 0 Å². The summed E-state index contributed by atoms with van der Waals surface area (Å²) in [4.78, 5) is 0. The second-order valence-corrected chi connectivity index (χ2v) is 9.37. The van der Waals surface area contributed by atoms with Crippen molar-refractivity contribution in [1.29, 1.82) is 0 Å². The SMILES string of the molecule is CCC/C(C1=CC=CCC1)=C(\c1ccccc1)c1ccc(C(CC)CCNC2CC2)cc1. The van der Waals surface area contributed by atoms with Crippen molar-refractivity contribution in [3.63, 3.8) is 0 Å². The molecular formula is C31H39N. The van der Waals surface area contributed by atoms with Crippen LogP contribution in [0.15, 0.2) is 84.0 Å². The molecule has 2 aromatic carbocycles. The molecule has 0 aromatic heterocycles. The summed E-state index contributed by atoms with van der Waals surface area (Å²) in [5.74, 6) is 0.640. The van der Waals surface area contributed by atoms with Crippen molar-refractivity contribution in [1.82, 2.24) is 5.32 Å². The van der Waals surface area contributed by atoms with Crippen LogP contribution < -0.4 is 5.32 Å². The Balaban J connectivity index is 1.66. The van der Waals surface area contributed by atoms with E-state index in [-0.39, 0.29) is 0 Å². The van der Waals surface area contributed by atoms with Gasteiger partial charge in [0.25, 0.3) is 0 Å². The smallest absolute Gasteiger partial charge is 0.00682 e. The van der Waals surface area contributed by atoms with Crippen molar-refractivity contribution >= 4 is 5.57 Å². The van der Waals surface area contributed by atoms with Crippen molar-refractivity contribution in [2.75, 3.05) is 6.54 Å². The number of allylic oxidation sites excluding steroid dienone is 5. The average molecular weight is 426 g/mol. The molecule has 1 heteroatoms. The first-order valence-corrected chi connectivity index (χ1v) is 12.8. The molecule has 2 aliphatic carbocycles. The standard InChI is InChI=1S/C31H39N/c1-3-11-30(26-12-7-5-8-13-26)31(27-14-9-6-10-15-27)28-18-16-25(17-19-28)24(4-2)22-23-32-29-20-21-29/h5-7,9-10,12,14-19,24,29,32H,3-4,8,11,13,20-23H2,1-2H3/b31-30-. The zero-order valence-electron chi connectivity index (χ0n) is 19.9. The monoisotopic (exact) mass is 425 g/mol. The van der Waals surface area contributed by atoms with Crippen LogP contribution in [0.25, 0.3) is 5.57 Å². The maximum absolute atomic E-state index is 3.69. The molecule has 0 radical (unpaired) electrons. The Bertz CT molecular complexity index is 942. The van der Waals surface area contributed by atoms with Crippen molar-refractivity contribution in [2.24, 2.45) is 0 Å². The van der Waals surface area contributed by atoms with Crippen LogP contribution in [0.1, 0.15) is 87.8 Å². The van der Waals surface area contributed by atoms with E-state index < -0.39 is 0 Å². The number of hydrogen-bond donors (Lipinski definition) is 1. The van der Waals surface area contributed by atoms with Gasteiger partial charge in [0.05, 0.1) is 0 Å². The van der Waals surface area contributed by atoms with Gasteiger partial charge in [0, 0.05) is 6.04 Å². The number of rotatable bonds is 11. The van der Waals surface area contributed by atoms with Crippen molar-refractivity contribution in [3.05, 3.63) is 101 Å². The van der Waals surface area contributed by atoms with Gasteiger partial charge in [0.15, 0.2) is 0 Å². The van der Waals surface area contributed by atoms with Gasteiger partial charge in [-0.05, 0) is 90.8 Å². The fourth-order valence-electron chi connectivity index (χ4n) is 4.95. The predicted octanol–water partition coefficient (Wildman–Crippen LogP) is 8.20. The summed E-state index contributed by atoms with van der Waals surface area (Å²) in [5, 5.41) is 3.69. The first-order chi connectivity index (χ1) is 15.8. The Hall–Kier alpha value is -2.38. The molecule has 0 bridgehead atoms. The van der Waals surface area contributed by atoms with E-state index in [1.54, 1.807) is 0 Å². The minimum Gasteiger partial charge on any atom is -0.314 e. The molecule has 1 fully saturated rings. The lowest BCUT2D eigenvalue weighted by Crippen LogP contribution is -2.19. The van der Waals surface area contributed by atoms with E-state index in [2.05, 4.69) is 92.0 Å². The first-order valence-electron chi connectivity index (χ1n) is 12.8. The summed E-state index contributed by atoms with van der Waals surface area (Å²) in [6.45, 7) is 5.77. The van der Waals surface area contributed by atoms with Crippen molar-refractivity contribution in [3.8, 4) is 0 Å². The third-order valence-corrected chi connectivity index (χ3v) is 6.93. The van der Waals surface area contributed by atoms with Crippen LogP contribution in [0.5, 0.6) is 0 Å². The summed E-state index contributed by atoms with van der Waals surface area (Å²) in [5.41, 5.74) is 8.62. The highest BCUT2D eigenvalue weighted by Gasteiger charge is 2.21. The van der Waals surface area contributed by atoms with E-state index in [4.69, 9.17) is 0 Å². The molecule has 168 valence electrons. The van der Waals surface area contributed by atoms with Gasteiger partial charge in [0.1, 0.15) is 0 Å². The van der Waals surface area contributed by atoms with Crippen molar-refractivity contribution in [2.45, 2.75) is 77.2 Å². The molecule has 0 saturated heterocycles. The summed E-state index contributed by atoms with van der Waals surface area (Å²) in [6.07, 6.45) is 16.6. The van der Waals surface area contributed by atoms with Crippen molar-refractivity contribution < 1.29 is 0 Å². The summed E-state index contributed by atoms with van der Waals surface area (Å²) >= 11 is 0. The fraction of sp³-hybridized carbons (Fsp3) is 0.419. The van der Waals surface area contributed by atoms with E-state index >= 15 is 0 Å². The minimum atomic E-state index is 0.640. The molecule has 1 atom stereocenters. The van der Waals surface area contributed by atoms with Crippen LogP contribution >= 0.6 is 0 Å². The molecule has 0 amide bonds. The van der Waals surface area contributed by atoms with Gasteiger partial charge in [-0.3, -0.25) is 0 Å². The number of nitrogens with one attached hydrogen (secondary N) is 1. The Labute approximate surface area is 195 Å². The Kier molecular flexibility index (Phi) is 8.18. The summed E-state index contributed by atoms with van der Waals surface area (Å²) < 4.78 is 0. The molecule has 32 heavy (non-hydrogen) atoms. The Morgan fingerprint density at radius 1 is 0.969 bits per heavy atom. The lowest BCUT2D eigenvalue weighted by molar-refractivity contribution is 0.553. The molecule has 1 unspecified atom stereocenters. The average Bonchev–Trinajstić information content (AvgIpc) is 3.68. The maximum atomic E-state index is 3.69. The molecule has 2 aliphatic rings. The quantitative estimate of drug-likeness (QED) is 0.382. The second kappa shape index (κ2) is 11.5. The van der Waals surface area contributed by atoms with Gasteiger partial charge in [-0.1, -0.05) is 93.1 Å². The lowest BCUT2D eigenvalue weighted by Gasteiger charge is -2.21. The number of hydrogen-bond acceptors (Lipinski definition) is 1. The Morgan fingerprint density at radius 2 is 1.72 bits per heavy atom. The van der Waals surface area contributed by atoms with E-state index in [9.17, 15) is 0 Å². The van der Waals surface area contributed by atoms with E-state index in [1.165, 1.54) is 59.1 Å². The molecule has 1 saturated carbocycles. The van der Waals surface area contributed by atoms with Gasteiger partial charge in [0.2, 0.25) is 0 Å². The third-order valence-electron chi connectivity index (χ3n) is 6.93. The number of benzene rings is 2. The summed E-state index contributed by atoms with van der Waals surface area (Å²) in [7, 11) is 0. The highest BCUT2D eigenvalue weighted by molar-refractivity contribution is 5.84. The van der Waals surface area contributed by atoms with E-state index in [1.807, 2.05) is 0 Å². The molecule has 0 heterocycles. The fourth-order valence-corrected chi connectivity index (χ4v) is 4.95. The van der Waals surface area contributed by atoms with Crippen LogP contribution in [0, 0.1) is 0 Å². The second-order valence-electron chi connectivity index (χ2n) is 9.37. The summed E-state index contributed by atoms with van der Waals surface area (Å²) in [6, 6.07) is 21.3. The highest BCUT2D eigenvalue weighted by Crippen LogP contribution is 2.36. The van der Waals surface area contributed by atoms with Gasteiger partial charge in [-0.15, -0.1) is 0 Å². The highest BCUT2D eigenvalue weighted by atomic mass is 14.9. The van der Waals surface area contributed by atoms with E-state index in [0.29, 0.717) is 5.92 Å². The van der Waals surface area contributed by atoms with Crippen LogP contribution in [0.3, 0.4) is 0 Å². The van der Waals surface area contributed by atoms with Crippen LogP contribution in [-0.2, 0) is 0 Å². The van der Waals surface area contributed by atoms with Crippen LogP contribution in [0.4, 0.5) is 0 Å². The molecule has 0 aliphatic heterocycles. The molecule has 4 rings (SSSR count). The predicted molar refractivity (Wildman–Crippen MR) is 139 cm³/mol. The molecular weight excluding hydrogens is 386 g/mol. The molecule has 0 spiro atoms. The topological polar surface area (TPSA) is 12.0 Å². The zero-order chi connectivity index (χ0) is 22.2. The molecule has 2 aromatic rings. The minimum absolute atomic E-state index is 0.640.